The average Bonchev–Trinajstić information content (AvgIpc) is 2.52. The molecule has 0 bridgehead atoms. The van der Waals surface area contributed by atoms with Crippen LogP contribution in [0.25, 0.3) is 0 Å². The highest BCUT2D eigenvalue weighted by molar-refractivity contribution is 5.96. The van der Waals surface area contributed by atoms with E-state index in [0.29, 0.717) is 5.56 Å². The highest BCUT2D eigenvalue weighted by Gasteiger charge is 2.13. The van der Waals surface area contributed by atoms with Crippen molar-refractivity contribution < 1.29 is 25.0 Å². The van der Waals surface area contributed by atoms with Gasteiger partial charge >= 0.3 is 0 Å². The third-order valence-corrected chi connectivity index (χ3v) is 2.79. The number of hydrazone groups is 1. The smallest absolute Gasteiger partial charge is 0.271 e. The Bertz CT molecular complexity index is 780. The summed E-state index contributed by atoms with van der Waals surface area (Å²) in [5.41, 5.74) is 2.28. The minimum atomic E-state index is -0.753. The second-order valence-corrected chi connectivity index (χ2v) is 4.41. The van der Waals surface area contributed by atoms with Crippen LogP contribution < -0.4 is 5.43 Å². The lowest BCUT2D eigenvalue weighted by Crippen LogP contribution is -2.17. The van der Waals surface area contributed by atoms with Gasteiger partial charge in [-0.15, -0.1) is 0 Å². The Balaban J connectivity index is 2.10. The fourth-order valence-corrected chi connectivity index (χ4v) is 1.68. The maximum atomic E-state index is 11.8. The minimum Gasteiger partial charge on any atom is -0.504 e. The first kappa shape index (κ1) is 15.8. The van der Waals surface area contributed by atoms with E-state index >= 15 is 0 Å². The van der Waals surface area contributed by atoms with Crippen LogP contribution in [0.2, 0.25) is 0 Å². The van der Waals surface area contributed by atoms with E-state index < -0.39 is 28.1 Å². The number of rotatable bonds is 4. The monoisotopic (exact) mass is 317 g/mol. The third kappa shape index (κ3) is 3.73. The van der Waals surface area contributed by atoms with Crippen LogP contribution in [-0.4, -0.2) is 32.4 Å². The first-order chi connectivity index (χ1) is 10.9. The normalized spacial score (nSPS) is 10.6. The average molecular weight is 317 g/mol. The summed E-state index contributed by atoms with van der Waals surface area (Å²) in [7, 11) is 0. The summed E-state index contributed by atoms with van der Waals surface area (Å²) >= 11 is 0. The van der Waals surface area contributed by atoms with Gasteiger partial charge in [-0.1, -0.05) is 12.1 Å². The Morgan fingerprint density at radius 1 is 1.17 bits per heavy atom. The number of phenolic OH excluding ortho intramolecular Hbond substituents is 3. The minimum absolute atomic E-state index is 0.117. The van der Waals surface area contributed by atoms with Crippen LogP contribution in [0.5, 0.6) is 17.2 Å². The number of nitrogens with one attached hydrogen (secondary N) is 1. The quantitative estimate of drug-likeness (QED) is 0.291. The third-order valence-electron chi connectivity index (χ3n) is 2.79. The van der Waals surface area contributed by atoms with Crippen molar-refractivity contribution in [3.63, 3.8) is 0 Å². The van der Waals surface area contributed by atoms with Crippen molar-refractivity contribution in [2.45, 2.75) is 0 Å². The van der Waals surface area contributed by atoms with Crippen LogP contribution in [0.4, 0.5) is 5.69 Å². The second kappa shape index (κ2) is 6.43. The topological polar surface area (TPSA) is 145 Å². The molecule has 0 fully saturated rings. The van der Waals surface area contributed by atoms with E-state index in [1.807, 2.05) is 0 Å². The molecule has 118 valence electrons. The lowest BCUT2D eigenvalue weighted by Gasteiger charge is -2.04. The summed E-state index contributed by atoms with van der Waals surface area (Å²) in [5, 5.41) is 42.1. The molecular weight excluding hydrogens is 306 g/mol. The molecule has 0 aliphatic carbocycles. The number of aromatic hydroxyl groups is 3. The van der Waals surface area contributed by atoms with E-state index in [0.717, 1.165) is 12.1 Å². The SMILES string of the molecule is O=C(N/N=C\c1cccc([N+](=O)[O-])c1)c1cc(O)c(O)c(O)c1. The van der Waals surface area contributed by atoms with Gasteiger partial charge in [0.15, 0.2) is 17.2 Å². The number of hydrogen-bond acceptors (Lipinski definition) is 7. The molecule has 9 heteroatoms. The number of nitro benzene ring substituents is 1. The molecule has 2 aromatic carbocycles. The largest absolute Gasteiger partial charge is 0.504 e. The summed E-state index contributed by atoms with van der Waals surface area (Å²) < 4.78 is 0. The summed E-state index contributed by atoms with van der Waals surface area (Å²) in [6.07, 6.45) is 1.20. The van der Waals surface area contributed by atoms with E-state index in [1.165, 1.54) is 24.4 Å². The van der Waals surface area contributed by atoms with Gasteiger partial charge in [-0.05, 0) is 12.1 Å². The number of carbonyl (C=O) groups excluding carboxylic acids is 1. The summed E-state index contributed by atoms with van der Waals surface area (Å²) in [5.74, 6) is -2.80. The number of benzene rings is 2. The van der Waals surface area contributed by atoms with Crippen LogP contribution >= 0.6 is 0 Å². The number of carbonyl (C=O) groups is 1. The van der Waals surface area contributed by atoms with Crippen LogP contribution in [0.1, 0.15) is 15.9 Å². The molecule has 0 saturated carbocycles. The van der Waals surface area contributed by atoms with Gasteiger partial charge in [0.25, 0.3) is 11.6 Å². The van der Waals surface area contributed by atoms with Crippen molar-refractivity contribution in [2.75, 3.05) is 0 Å². The van der Waals surface area contributed by atoms with Crippen LogP contribution in [0.3, 0.4) is 0 Å². The molecule has 0 aliphatic heterocycles. The predicted molar refractivity (Wildman–Crippen MR) is 79.6 cm³/mol. The molecule has 0 aliphatic rings. The maximum Gasteiger partial charge on any atom is 0.271 e. The van der Waals surface area contributed by atoms with Crippen molar-refractivity contribution >= 4 is 17.8 Å². The van der Waals surface area contributed by atoms with E-state index in [-0.39, 0.29) is 11.3 Å². The number of nitrogens with zero attached hydrogens (tertiary/aromatic N) is 2. The van der Waals surface area contributed by atoms with Crippen LogP contribution in [-0.2, 0) is 0 Å². The number of phenols is 3. The number of hydrogen-bond donors (Lipinski definition) is 4. The lowest BCUT2D eigenvalue weighted by molar-refractivity contribution is -0.384. The molecule has 0 radical (unpaired) electrons. The maximum absolute atomic E-state index is 11.8. The molecule has 23 heavy (non-hydrogen) atoms. The number of amides is 1. The summed E-state index contributed by atoms with van der Waals surface area (Å²) in [4.78, 5) is 21.9. The van der Waals surface area contributed by atoms with Gasteiger partial charge in [0, 0.05) is 23.3 Å². The van der Waals surface area contributed by atoms with Crippen molar-refractivity contribution in [1.82, 2.24) is 5.43 Å². The zero-order chi connectivity index (χ0) is 17.0. The second-order valence-electron chi connectivity index (χ2n) is 4.41. The van der Waals surface area contributed by atoms with Crippen molar-refractivity contribution in [3.8, 4) is 17.2 Å². The molecule has 9 nitrogen and oxygen atoms in total. The first-order valence-electron chi connectivity index (χ1n) is 6.21. The fourth-order valence-electron chi connectivity index (χ4n) is 1.68. The van der Waals surface area contributed by atoms with E-state index in [4.69, 9.17) is 0 Å². The van der Waals surface area contributed by atoms with Crippen LogP contribution in [0.15, 0.2) is 41.5 Å². The van der Waals surface area contributed by atoms with Gasteiger partial charge < -0.3 is 15.3 Å². The molecule has 0 heterocycles. The van der Waals surface area contributed by atoms with Gasteiger partial charge in [-0.3, -0.25) is 14.9 Å². The predicted octanol–water partition coefficient (Wildman–Crippen LogP) is 1.48. The Labute approximate surface area is 129 Å². The standard InChI is InChI=1S/C14H11N3O6/c18-11-5-9(6-12(19)13(11)20)14(21)16-15-7-8-2-1-3-10(4-8)17(22)23/h1-7,18-20H,(H,16,21)/b15-7-. The van der Waals surface area contributed by atoms with E-state index in [2.05, 4.69) is 10.5 Å². The molecule has 2 aromatic rings. The molecule has 4 N–H and O–H groups in total. The number of non-ortho nitro benzene ring substituents is 1. The lowest BCUT2D eigenvalue weighted by atomic mass is 10.2. The Kier molecular flexibility index (Phi) is 4.41. The van der Waals surface area contributed by atoms with Crippen LogP contribution in [0, 0.1) is 10.1 Å². The van der Waals surface area contributed by atoms with Gasteiger partial charge in [-0.25, -0.2) is 5.43 Å². The Morgan fingerprint density at radius 3 is 2.43 bits per heavy atom. The van der Waals surface area contributed by atoms with Crippen molar-refractivity contribution in [2.24, 2.45) is 5.10 Å². The van der Waals surface area contributed by atoms with Gasteiger partial charge in [-0.2, -0.15) is 5.10 Å². The Hall–Kier alpha value is -3.62. The van der Waals surface area contributed by atoms with Gasteiger partial charge in [0.2, 0.25) is 0 Å². The first-order valence-corrected chi connectivity index (χ1v) is 6.21. The highest BCUT2D eigenvalue weighted by Crippen LogP contribution is 2.35. The molecule has 0 unspecified atom stereocenters. The zero-order valence-electron chi connectivity index (χ0n) is 11.5. The summed E-state index contributed by atoms with van der Waals surface area (Å²) in [6, 6.07) is 7.52. The number of nitro groups is 1. The molecule has 0 aromatic heterocycles. The molecule has 0 spiro atoms. The molecule has 0 atom stereocenters. The Morgan fingerprint density at radius 2 is 1.83 bits per heavy atom. The van der Waals surface area contributed by atoms with Crippen molar-refractivity contribution in [1.29, 1.82) is 0 Å². The molecular formula is C14H11N3O6. The van der Waals surface area contributed by atoms with Crippen molar-refractivity contribution in [3.05, 3.63) is 57.6 Å². The van der Waals surface area contributed by atoms with E-state index in [9.17, 15) is 30.2 Å². The molecule has 0 saturated heterocycles. The molecule has 2 rings (SSSR count). The van der Waals surface area contributed by atoms with E-state index in [1.54, 1.807) is 6.07 Å². The highest BCUT2D eigenvalue weighted by atomic mass is 16.6. The zero-order valence-corrected chi connectivity index (χ0v) is 11.5. The molecule has 1 amide bonds. The summed E-state index contributed by atoms with van der Waals surface area (Å²) in [6.45, 7) is 0. The van der Waals surface area contributed by atoms with Gasteiger partial charge in [0.05, 0.1) is 11.1 Å². The van der Waals surface area contributed by atoms with Gasteiger partial charge in [0.1, 0.15) is 0 Å². The fraction of sp³-hybridized carbons (Fsp3) is 0.